The monoisotopic (exact) mass is 606 g/mol. The van der Waals surface area contributed by atoms with E-state index in [1.165, 1.54) is 5.19 Å². The number of nitrogens with zero attached hydrogens (tertiary/aromatic N) is 4. The number of rotatable bonds is 11. The fraction of sp³-hybridized carbons (Fsp3) is 0.304. The number of carbonyl (C=O) groups is 2. The van der Waals surface area contributed by atoms with Crippen molar-refractivity contribution in [2.45, 2.75) is 32.7 Å². The van der Waals surface area contributed by atoms with E-state index < -0.39 is 20.0 Å². The maximum atomic E-state index is 10.9. The van der Waals surface area contributed by atoms with Crippen LogP contribution in [0.3, 0.4) is 0 Å². The Kier molecular flexibility index (Phi) is 8.99. The van der Waals surface area contributed by atoms with E-state index in [9.17, 15) is 9.59 Å². The standard InChI is InChI=1S/C23H27IN6O4Si/c1-35(2,3)19-7-15(11-26-13-21(33)34)5-17(9-19)23-29-27-22(28-30-23)16-4-14(6-18(24)8-16)10-25-12-20(31)32/h4-9,25-26H,10-13H2,1-3H3,(H,31,32)(H,33,34). The molecule has 12 heteroatoms. The van der Waals surface area contributed by atoms with Gasteiger partial charge in [0.2, 0.25) is 11.6 Å². The SMILES string of the molecule is C[Si](C)(C)c1cc(CNCC(=O)O)cc(-c2nnc(-c3cc(I)cc(CNCC(=O)O)c3)nn2)c1. The van der Waals surface area contributed by atoms with Crippen molar-refractivity contribution >= 4 is 47.8 Å². The molecule has 0 saturated heterocycles. The first kappa shape index (κ1) is 26.8. The Hall–Kier alpha value is -2.81. The Balaban J connectivity index is 1.87. The molecule has 4 N–H and O–H groups in total. The average Bonchev–Trinajstić information content (AvgIpc) is 2.77. The number of halogens is 1. The van der Waals surface area contributed by atoms with Crippen molar-refractivity contribution in [3.8, 4) is 22.8 Å². The molecule has 0 aliphatic carbocycles. The van der Waals surface area contributed by atoms with Crippen LogP contribution < -0.4 is 15.8 Å². The number of carboxylic acid groups (broad SMARTS) is 2. The van der Waals surface area contributed by atoms with Crippen molar-refractivity contribution in [2.75, 3.05) is 13.1 Å². The van der Waals surface area contributed by atoms with Crippen molar-refractivity contribution < 1.29 is 19.8 Å². The summed E-state index contributed by atoms with van der Waals surface area (Å²) in [5.41, 5.74) is 3.38. The molecular formula is C23H27IN6O4Si. The quantitative estimate of drug-likeness (QED) is 0.189. The summed E-state index contributed by atoms with van der Waals surface area (Å²) in [5.74, 6) is -1.06. The first-order valence-corrected chi connectivity index (χ1v) is 15.5. The van der Waals surface area contributed by atoms with Gasteiger partial charge in [0.05, 0.1) is 21.2 Å². The molecule has 1 aromatic heterocycles. The number of carboxylic acids is 2. The lowest BCUT2D eigenvalue weighted by atomic mass is 10.1. The van der Waals surface area contributed by atoms with Crippen molar-refractivity contribution in [3.05, 3.63) is 51.1 Å². The number of hydrogen-bond donors (Lipinski definition) is 4. The molecule has 0 aliphatic heterocycles. The molecule has 2 aromatic carbocycles. The average molecular weight is 606 g/mol. The zero-order valence-corrected chi connectivity index (χ0v) is 22.8. The van der Waals surface area contributed by atoms with Crippen LogP contribution in [-0.2, 0) is 22.7 Å². The Morgan fingerprint density at radius 2 is 1.23 bits per heavy atom. The lowest BCUT2D eigenvalue weighted by Gasteiger charge is -2.19. The molecule has 35 heavy (non-hydrogen) atoms. The summed E-state index contributed by atoms with van der Waals surface area (Å²) in [5, 5.41) is 42.0. The van der Waals surface area contributed by atoms with Crippen LogP contribution in [0.2, 0.25) is 19.6 Å². The van der Waals surface area contributed by atoms with Crippen molar-refractivity contribution in [3.63, 3.8) is 0 Å². The van der Waals surface area contributed by atoms with Crippen LogP contribution in [0.5, 0.6) is 0 Å². The van der Waals surface area contributed by atoms with E-state index in [-0.39, 0.29) is 13.1 Å². The minimum Gasteiger partial charge on any atom is -0.480 e. The Morgan fingerprint density at radius 3 is 1.69 bits per heavy atom. The number of benzene rings is 2. The fourth-order valence-corrected chi connectivity index (χ4v) is 5.27. The van der Waals surface area contributed by atoms with Gasteiger partial charge in [0.15, 0.2) is 0 Å². The smallest absolute Gasteiger partial charge is 0.317 e. The fourth-order valence-electron chi connectivity index (χ4n) is 3.33. The summed E-state index contributed by atoms with van der Waals surface area (Å²) in [6.45, 7) is 7.28. The predicted octanol–water partition coefficient (Wildman–Crippen LogP) is 2.10. The van der Waals surface area contributed by atoms with Gasteiger partial charge in [0, 0.05) is 27.8 Å². The van der Waals surface area contributed by atoms with Crippen molar-refractivity contribution in [1.82, 2.24) is 31.0 Å². The minimum atomic E-state index is -1.67. The van der Waals surface area contributed by atoms with Crippen LogP contribution in [0, 0.1) is 3.57 Å². The number of aliphatic carboxylic acids is 2. The Bertz CT molecular complexity index is 1220. The first-order chi connectivity index (χ1) is 16.5. The second kappa shape index (κ2) is 11.7. The molecule has 0 atom stereocenters. The number of nitrogens with one attached hydrogen (secondary N) is 2. The molecule has 3 aromatic rings. The Morgan fingerprint density at radius 1 is 0.771 bits per heavy atom. The van der Waals surface area contributed by atoms with Crippen LogP contribution in [0.25, 0.3) is 22.8 Å². The van der Waals surface area contributed by atoms with E-state index >= 15 is 0 Å². The van der Waals surface area contributed by atoms with Crippen LogP contribution in [0.15, 0.2) is 36.4 Å². The van der Waals surface area contributed by atoms with E-state index in [1.807, 2.05) is 24.3 Å². The third-order valence-corrected chi connectivity index (χ3v) is 7.67. The molecule has 0 bridgehead atoms. The van der Waals surface area contributed by atoms with Crippen LogP contribution in [0.4, 0.5) is 0 Å². The van der Waals surface area contributed by atoms with Gasteiger partial charge >= 0.3 is 11.9 Å². The van der Waals surface area contributed by atoms with Crippen molar-refractivity contribution in [1.29, 1.82) is 0 Å². The molecule has 0 saturated carbocycles. The number of hydrogen-bond acceptors (Lipinski definition) is 8. The van der Waals surface area contributed by atoms with Gasteiger partial charge in [-0.25, -0.2) is 0 Å². The summed E-state index contributed by atoms with van der Waals surface area (Å²) >= 11 is 2.19. The second-order valence-corrected chi connectivity index (χ2v) is 15.4. The molecule has 0 spiro atoms. The minimum absolute atomic E-state index is 0.121. The highest BCUT2D eigenvalue weighted by Crippen LogP contribution is 2.21. The highest BCUT2D eigenvalue weighted by atomic mass is 127. The third kappa shape index (κ3) is 8.12. The van der Waals surface area contributed by atoms with E-state index in [4.69, 9.17) is 10.2 Å². The third-order valence-electron chi connectivity index (χ3n) is 5.02. The van der Waals surface area contributed by atoms with Crippen LogP contribution >= 0.6 is 22.6 Å². The molecule has 10 nitrogen and oxygen atoms in total. The van der Waals surface area contributed by atoms with Crippen LogP contribution in [0.1, 0.15) is 11.1 Å². The highest BCUT2D eigenvalue weighted by molar-refractivity contribution is 14.1. The maximum Gasteiger partial charge on any atom is 0.317 e. The lowest BCUT2D eigenvalue weighted by molar-refractivity contribution is -0.137. The van der Waals surface area contributed by atoms with Gasteiger partial charge in [-0.15, -0.1) is 20.4 Å². The summed E-state index contributed by atoms with van der Waals surface area (Å²) in [6, 6.07) is 11.8. The molecule has 184 valence electrons. The maximum absolute atomic E-state index is 10.9. The van der Waals surface area contributed by atoms with Gasteiger partial charge in [-0.2, -0.15) is 0 Å². The van der Waals surface area contributed by atoms with Gasteiger partial charge in [-0.3, -0.25) is 9.59 Å². The molecule has 0 unspecified atom stereocenters. The Labute approximate surface area is 217 Å². The summed E-state index contributed by atoms with van der Waals surface area (Å²) in [7, 11) is -1.67. The summed E-state index contributed by atoms with van der Waals surface area (Å²) in [4.78, 5) is 21.6. The molecular weight excluding hydrogens is 579 g/mol. The van der Waals surface area contributed by atoms with Crippen LogP contribution in [-0.4, -0.2) is 63.7 Å². The van der Waals surface area contributed by atoms with E-state index in [1.54, 1.807) is 0 Å². The zero-order valence-electron chi connectivity index (χ0n) is 19.7. The van der Waals surface area contributed by atoms with Gasteiger partial charge in [-0.05, 0) is 58.0 Å². The number of aromatic nitrogens is 4. The van der Waals surface area contributed by atoms with E-state index in [0.717, 1.165) is 25.8 Å². The topological polar surface area (TPSA) is 150 Å². The van der Waals surface area contributed by atoms with Crippen molar-refractivity contribution in [2.24, 2.45) is 0 Å². The molecule has 0 amide bonds. The molecule has 0 fully saturated rings. The molecule has 3 rings (SSSR count). The molecule has 0 radical (unpaired) electrons. The van der Waals surface area contributed by atoms with Gasteiger partial charge in [0.25, 0.3) is 0 Å². The van der Waals surface area contributed by atoms with E-state index in [0.29, 0.717) is 24.7 Å². The van der Waals surface area contributed by atoms with Gasteiger partial charge in [0.1, 0.15) is 0 Å². The second-order valence-electron chi connectivity index (χ2n) is 9.06. The largest absolute Gasteiger partial charge is 0.480 e. The lowest BCUT2D eigenvalue weighted by Crippen LogP contribution is -2.38. The highest BCUT2D eigenvalue weighted by Gasteiger charge is 2.19. The zero-order chi connectivity index (χ0) is 25.6. The molecule has 0 aliphatic rings. The summed E-state index contributed by atoms with van der Waals surface area (Å²) < 4.78 is 0.959. The first-order valence-electron chi connectivity index (χ1n) is 10.9. The van der Waals surface area contributed by atoms with Gasteiger partial charge in [-0.1, -0.05) is 37.0 Å². The summed E-state index contributed by atoms with van der Waals surface area (Å²) in [6.07, 6.45) is 0. The van der Waals surface area contributed by atoms with E-state index in [2.05, 4.69) is 85.4 Å². The predicted molar refractivity (Wildman–Crippen MR) is 143 cm³/mol. The normalized spacial score (nSPS) is 11.4. The molecule has 1 heterocycles. The van der Waals surface area contributed by atoms with Gasteiger partial charge < -0.3 is 20.8 Å².